The van der Waals surface area contributed by atoms with E-state index in [4.69, 9.17) is 0 Å². The maximum absolute atomic E-state index is 14.1. The molecule has 3 aromatic carbocycles. The highest BCUT2D eigenvalue weighted by molar-refractivity contribution is 7.92. The predicted octanol–water partition coefficient (Wildman–Crippen LogP) is 4.50. The van der Waals surface area contributed by atoms with E-state index in [9.17, 15) is 21.6 Å². The Hall–Kier alpha value is -2.80. The van der Waals surface area contributed by atoms with Crippen LogP contribution < -0.4 is 4.31 Å². The summed E-state index contributed by atoms with van der Waals surface area (Å²) in [5.41, 5.74) is 0.508. The Morgan fingerprint density at radius 1 is 0.769 bits per heavy atom. The number of rotatable bonds is 5. The molecule has 0 amide bonds. The second kappa shape index (κ2) is 7.21. The minimum Gasteiger partial charge on any atom is -0.262 e. The van der Waals surface area contributed by atoms with E-state index in [1.54, 1.807) is 6.07 Å². The van der Waals surface area contributed by atoms with Gasteiger partial charge in [-0.3, -0.25) is 4.31 Å². The van der Waals surface area contributed by atoms with Gasteiger partial charge in [0.2, 0.25) is 0 Å². The van der Waals surface area contributed by atoms with Crippen molar-refractivity contribution in [2.75, 3.05) is 4.31 Å². The van der Waals surface area contributed by atoms with Crippen LogP contribution in [0, 0.1) is 17.5 Å². The van der Waals surface area contributed by atoms with Gasteiger partial charge in [-0.1, -0.05) is 24.3 Å². The van der Waals surface area contributed by atoms with Crippen LogP contribution in [-0.2, 0) is 16.6 Å². The van der Waals surface area contributed by atoms with Gasteiger partial charge in [0.05, 0.1) is 12.2 Å². The van der Waals surface area contributed by atoms with E-state index in [-0.39, 0.29) is 12.2 Å². The Labute approximate surface area is 149 Å². The molecule has 0 saturated carbocycles. The Balaban J connectivity index is 2.11. The van der Waals surface area contributed by atoms with Gasteiger partial charge in [0, 0.05) is 0 Å². The average molecular weight is 377 g/mol. The highest BCUT2D eigenvalue weighted by Crippen LogP contribution is 2.27. The molecule has 0 N–H and O–H groups in total. The van der Waals surface area contributed by atoms with Gasteiger partial charge in [0.25, 0.3) is 10.0 Å². The number of benzene rings is 3. The van der Waals surface area contributed by atoms with Crippen molar-refractivity contribution in [3.63, 3.8) is 0 Å². The number of hydrogen-bond donors (Lipinski definition) is 0. The standard InChI is InChI=1S/C19H14F3NO2S/c20-15-8-10-17(11-9-15)23(13-14-4-3-5-16(21)12-14)26(24,25)19-7-2-1-6-18(19)22/h1-12H,13H2. The lowest BCUT2D eigenvalue weighted by molar-refractivity contribution is 0.562. The summed E-state index contributed by atoms with van der Waals surface area (Å²) in [7, 11) is -4.30. The zero-order valence-corrected chi connectivity index (χ0v) is 14.3. The van der Waals surface area contributed by atoms with Crippen LogP contribution >= 0.6 is 0 Å². The molecule has 0 heterocycles. The van der Waals surface area contributed by atoms with Gasteiger partial charge in [0.1, 0.15) is 22.3 Å². The fourth-order valence-corrected chi connectivity index (χ4v) is 4.02. The normalized spacial score (nSPS) is 11.3. The molecule has 0 unspecified atom stereocenters. The Morgan fingerprint density at radius 2 is 1.46 bits per heavy atom. The molecule has 0 bridgehead atoms. The first-order valence-electron chi connectivity index (χ1n) is 7.65. The van der Waals surface area contributed by atoms with Gasteiger partial charge >= 0.3 is 0 Å². The third kappa shape index (κ3) is 3.72. The van der Waals surface area contributed by atoms with E-state index in [1.807, 2.05) is 0 Å². The second-order valence-electron chi connectivity index (χ2n) is 5.55. The monoisotopic (exact) mass is 377 g/mol. The molecular weight excluding hydrogens is 363 g/mol. The lowest BCUT2D eigenvalue weighted by Crippen LogP contribution is -2.31. The predicted molar refractivity (Wildman–Crippen MR) is 92.6 cm³/mol. The van der Waals surface area contributed by atoms with Crippen LogP contribution in [0.4, 0.5) is 18.9 Å². The van der Waals surface area contributed by atoms with Gasteiger partial charge in [-0.25, -0.2) is 21.6 Å². The van der Waals surface area contributed by atoms with Crippen LogP contribution in [0.15, 0.2) is 77.7 Å². The van der Waals surface area contributed by atoms with Crippen LogP contribution in [0.3, 0.4) is 0 Å². The van der Waals surface area contributed by atoms with Crippen molar-refractivity contribution in [2.45, 2.75) is 11.4 Å². The van der Waals surface area contributed by atoms with E-state index in [0.717, 1.165) is 28.6 Å². The van der Waals surface area contributed by atoms with Crippen LogP contribution in [0.2, 0.25) is 0 Å². The molecule has 3 aromatic rings. The maximum atomic E-state index is 14.1. The summed E-state index contributed by atoms with van der Waals surface area (Å²) in [5, 5.41) is 0. The van der Waals surface area contributed by atoms with Gasteiger partial charge in [-0.2, -0.15) is 0 Å². The van der Waals surface area contributed by atoms with Gasteiger partial charge in [-0.05, 0) is 54.1 Å². The molecule has 0 spiro atoms. The maximum Gasteiger partial charge on any atom is 0.267 e. The largest absolute Gasteiger partial charge is 0.267 e. The summed E-state index contributed by atoms with van der Waals surface area (Å²) in [6.07, 6.45) is 0. The van der Waals surface area contributed by atoms with Crippen LogP contribution in [0.1, 0.15) is 5.56 Å². The van der Waals surface area contributed by atoms with E-state index in [0.29, 0.717) is 5.56 Å². The third-order valence-electron chi connectivity index (χ3n) is 3.73. The molecule has 3 rings (SSSR count). The first-order chi connectivity index (χ1) is 12.4. The summed E-state index contributed by atoms with van der Waals surface area (Å²) in [4.78, 5) is -0.513. The van der Waals surface area contributed by atoms with Gasteiger partial charge in [-0.15, -0.1) is 0 Å². The van der Waals surface area contributed by atoms with Gasteiger partial charge in [0.15, 0.2) is 0 Å². The Morgan fingerprint density at radius 3 is 2.12 bits per heavy atom. The molecule has 3 nitrogen and oxygen atoms in total. The molecule has 7 heteroatoms. The summed E-state index contributed by atoms with van der Waals surface area (Å²) in [6.45, 7) is -0.236. The van der Waals surface area contributed by atoms with Crippen LogP contribution in [0.25, 0.3) is 0 Å². The molecule has 0 aliphatic rings. The number of anilines is 1. The molecule has 0 aliphatic carbocycles. The fraction of sp³-hybridized carbons (Fsp3) is 0.0526. The molecular formula is C19H14F3NO2S. The van der Waals surface area contributed by atoms with Crippen molar-refractivity contribution in [1.29, 1.82) is 0 Å². The molecule has 0 aliphatic heterocycles. The highest BCUT2D eigenvalue weighted by atomic mass is 32.2. The highest BCUT2D eigenvalue weighted by Gasteiger charge is 2.28. The first-order valence-corrected chi connectivity index (χ1v) is 9.09. The molecule has 134 valence electrons. The molecule has 26 heavy (non-hydrogen) atoms. The smallest absolute Gasteiger partial charge is 0.262 e. The Bertz CT molecular complexity index is 1020. The second-order valence-corrected chi connectivity index (χ2v) is 7.38. The molecule has 0 aromatic heterocycles. The van der Waals surface area contributed by atoms with Crippen molar-refractivity contribution in [3.05, 3.63) is 95.8 Å². The molecule has 0 radical (unpaired) electrons. The average Bonchev–Trinajstić information content (AvgIpc) is 2.61. The number of sulfonamides is 1. The summed E-state index contributed by atoms with van der Waals surface area (Å²) in [5.74, 6) is -1.97. The van der Waals surface area contributed by atoms with E-state index in [1.165, 1.54) is 42.5 Å². The van der Waals surface area contributed by atoms with E-state index < -0.39 is 32.4 Å². The van der Waals surface area contributed by atoms with E-state index >= 15 is 0 Å². The zero-order chi connectivity index (χ0) is 18.7. The number of hydrogen-bond acceptors (Lipinski definition) is 2. The van der Waals surface area contributed by atoms with Crippen molar-refractivity contribution in [2.24, 2.45) is 0 Å². The molecule has 0 fully saturated rings. The van der Waals surface area contributed by atoms with Gasteiger partial charge < -0.3 is 0 Å². The lowest BCUT2D eigenvalue weighted by atomic mass is 10.2. The molecule has 0 atom stereocenters. The summed E-state index contributed by atoms with van der Waals surface area (Å²) in [6, 6.07) is 15.1. The molecule has 0 saturated heterocycles. The van der Waals surface area contributed by atoms with Crippen LogP contribution in [0.5, 0.6) is 0 Å². The third-order valence-corrected chi connectivity index (χ3v) is 5.54. The number of nitrogens with zero attached hydrogens (tertiary/aromatic N) is 1. The zero-order valence-electron chi connectivity index (χ0n) is 13.4. The van der Waals surface area contributed by atoms with Crippen molar-refractivity contribution in [1.82, 2.24) is 0 Å². The topological polar surface area (TPSA) is 37.4 Å². The lowest BCUT2D eigenvalue weighted by Gasteiger charge is -2.25. The Kier molecular flexibility index (Phi) is 4.99. The summed E-state index contributed by atoms with van der Waals surface area (Å²) >= 11 is 0. The minimum absolute atomic E-state index is 0.138. The number of halogens is 3. The minimum atomic E-state index is -4.30. The fourth-order valence-electron chi connectivity index (χ4n) is 2.50. The quantitative estimate of drug-likeness (QED) is 0.657. The van der Waals surface area contributed by atoms with Crippen molar-refractivity contribution >= 4 is 15.7 Å². The summed E-state index contributed by atoms with van der Waals surface area (Å²) < 4.78 is 67.8. The SMILES string of the molecule is O=S(=O)(c1ccccc1F)N(Cc1cccc(F)c1)c1ccc(F)cc1. The van der Waals surface area contributed by atoms with Crippen LogP contribution in [-0.4, -0.2) is 8.42 Å². The van der Waals surface area contributed by atoms with Crippen molar-refractivity contribution < 1.29 is 21.6 Å². The first kappa shape index (κ1) is 18.0. The van der Waals surface area contributed by atoms with E-state index in [2.05, 4.69) is 0 Å². The van der Waals surface area contributed by atoms with Crippen molar-refractivity contribution in [3.8, 4) is 0 Å².